The van der Waals surface area contributed by atoms with Crippen LogP contribution in [0.15, 0.2) is 24.3 Å². The van der Waals surface area contributed by atoms with Gasteiger partial charge in [0, 0.05) is 41.7 Å². The van der Waals surface area contributed by atoms with E-state index in [9.17, 15) is 24.0 Å². The van der Waals surface area contributed by atoms with Gasteiger partial charge >= 0.3 is 0 Å². The first-order valence-corrected chi connectivity index (χ1v) is 13.4. The van der Waals surface area contributed by atoms with Crippen LogP contribution in [0.1, 0.15) is 52.0 Å². The van der Waals surface area contributed by atoms with Crippen LogP contribution in [0.3, 0.4) is 0 Å². The SMILES string of the molecule is CC(C)(C)CC(NC(=O)/C=C/c1ccc(Cl)cc1Cl)C(=O)NC(C[C@@H]1CCNC1=O)C(=O)C(=O)N1CCC1. The molecule has 3 N–H and O–H groups in total. The molecule has 3 atom stereocenters. The molecule has 206 valence electrons. The van der Waals surface area contributed by atoms with Gasteiger partial charge in [0.2, 0.25) is 23.5 Å². The van der Waals surface area contributed by atoms with Crippen molar-refractivity contribution in [3.63, 3.8) is 0 Å². The van der Waals surface area contributed by atoms with Crippen molar-refractivity contribution in [3.8, 4) is 0 Å². The number of likely N-dealkylation sites (tertiary alicyclic amines) is 1. The Morgan fingerprint density at radius 2 is 1.84 bits per heavy atom. The molecule has 1 aromatic rings. The van der Waals surface area contributed by atoms with Gasteiger partial charge in [-0.15, -0.1) is 0 Å². The largest absolute Gasteiger partial charge is 0.356 e. The lowest BCUT2D eigenvalue weighted by molar-refractivity contribution is -0.149. The molecule has 9 nitrogen and oxygen atoms in total. The van der Waals surface area contributed by atoms with E-state index < -0.39 is 41.5 Å². The average Bonchev–Trinajstić information content (AvgIpc) is 3.19. The van der Waals surface area contributed by atoms with Gasteiger partial charge in [0.25, 0.3) is 5.91 Å². The van der Waals surface area contributed by atoms with E-state index in [1.165, 1.54) is 17.1 Å². The first-order chi connectivity index (χ1) is 17.8. The first-order valence-electron chi connectivity index (χ1n) is 12.7. The molecule has 2 aliphatic heterocycles. The zero-order chi connectivity index (χ0) is 28.0. The van der Waals surface area contributed by atoms with E-state index in [1.54, 1.807) is 18.2 Å². The van der Waals surface area contributed by atoms with Crippen LogP contribution in [0, 0.1) is 11.3 Å². The van der Waals surface area contributed by atoms with Crippen LogP contribution in [-0.2, 0) is 24.0 Å². The summed E-state index contributed by atoms with van der Waals surface area (Å²) in [6, 6.07) is 2.70. The first kappa shape index (κ1) is 29.6. The topological polar surface area (TPSA) is 125 Å². The van der Waals surface area contributed by atoms with Crippen LogP contribution in [0.5, 0.6) is 0 Å². The highest BCUT2D eigenvalue weighted by Gasteiger charge is 2.38. The van der Waals surface area contributed by atoms with Gasteiger partial charge < -0.3 is 20.9 Å². The van der Waals surface area contributed by atoms with Crippen molar-refractivity contribution in [2.75, 3.05) is 19.6 Å². The minimum atomic E-state index is -1.17. The van der Waals surface area contributed by atoms with Crippen LogP contribution in [0.2, 0.25) is 10.0 Å². The van der Waals surface area contributed by atoms with Gasteiger partial charge in [0.15, 0.2) is 0 Å². The predicted octanol–water partition coefficient (Wildman–Crippen LogP) is 2.74. The number of nitrogens with zero attached hydrogens (tertiary/aromatic N) is 1. The fourth-order valence-corrected chi connectivity index (χ4v) is 4.80. The Labute approximate surface area is 232 Å². The van der Waals surface area contributed by atoms with Crippen LogP contribution in [0.4, 0.5) is 0 Å². The van der Waals surface area contributed by atoms with Crippen LogP contribution >= 0.6 is 23.2 Å². The average molecular weight is 565 g/mol. The highest BCUT2D eigenvalue weighted by atomic mass is 35.5. The lowest BCUT2D eigenvalue weighted by Gasteiger charge is -2.32. The van der Waals surface area contributed by atoms with Crippen molar-refractivity contribution < 1.29 is 24.0 Å². The van der Waals surface area contributed by atoms with Crippen molar-refractivity contribution in [1.82, 2.24) is 20.9 Å². The van der Waals surface area contributed by atoms with E-state index >= 15 is 0 Å². The number of carbonyl (C=O) groups is 5. The second-order valence-electron chi connectivity index (χ2n) is 10.9. The van der Waals surface area contributed by atoms with Crippen LogP contribution < -0.4 is 16.0 Å². The molecule has 2 saturated heterocycles. The zero-order valence-corrected chi connectivity index (χ0v) is 23.3. The summed E-state index contributed by atoms with van der Waals surface area (Å²) >= 11 is 12.1. The molecule has 2 heterocycles. The number of amides is 4. The van der Waals surface area contributed by atoms with E-state index in [1.807, 2.05) is 20.8 Å². The molecule has 0 bridgehead atoms. The number of hydrogen-bond acceptors (Lipinski definition) is 5. The maximum atomic E-state index is 13.4. The Morgan fingerprint density at radius 3 is 2.39 bits per heavy atom. The molecule has 38 heavy (non-hydrogen) atoms. The van der Waals surface area contributed by atoms with Gasteiger partial charge in [-0.3, -0.25) is 24.0 Å². The number of ketones is 1. The van der Waals surface area contributed by atoms with Crippen molar-refractivity contribution in [2.45, 2.75) is 58.5 Å². The molecule has 1 aromatic carbocycles. The molecule has 3 rings (SSSR count). The van der Waals surface area contributed by atoms with Crippen molar-refractivity contribution >= 4 is 58.7 Å². The number of benzene rings is 1. The molecular weight excluding hydrogens is 531 g/mol. The molecule has 4 amide bonds. The number of rotatable bonds is 10. The summed E-state index contributed by atoms with van der Waals surface area (Å²) in [6.45, 7) is 7.21. The minimum absolute atomic E-state index is 0.0150. The summed E-state index contributed by atoms with van der Waals surface area (Å²) in [4.78, 5) is 65.5. The molecule has 0 radical (unpaired) electrons. The molecular formula is C27H34Cl2N4O5. The Balaban J connectivity index is 1.75. The van der Waals surface area contributed by atoms with Gasteiger partial charge in [-0.05, 0) is 54.9 Å². The Hall–Kier alpha value is -2.91. The van der Waals surface area contributed by atoms with Gasteiger partial charge in [-0.2, -0.15) is 0 Å². The number of carbonyl (C=O) groups excluding carboxylic acids is 5. The normalized spacial score (nSPS) is 18.9. The lowest BCUT2D eigenvalue weighted by Crippen LogP contribution is -2.56. The van der Waals surface area contributed by atoms with E-state index in [0.717, 1.165) is 6.42 Å². The third kappa shape index (κ3) is 8.30. The molecule has 0 aliphatic carbocycles. The summed E-state index contributed by atoms with van der Waals surface area (Å²) in [5, 5.41) is 8.93. The van der Waals surface area contributed by atoms with Gasteiger partial charge in [-0.25, -0.2) is 0 Å². The van der Waals surface area contributed by atoms with Crippen molar-refractivity contribution in [3.05, 3.63) is 39.9 Å². The Bertz CT molecular complexity index is 1130. The van der Waals surface area contributed by atoms with Gasteiger partial charge in [-0.1, -0.05) is 50.0 Å². The number of Topliss-reactive ketones (excluding diaryl/α,β-unsaturated/α-hetero) is 1. The van der Waals surface area contributed by atoms with Crippen LogP contribution in [-0.4, -0.2) is 66.0 Å². The maximum absolute atomic E-state index is 13.4. The molecule has 0 saturated carbocycles. The van der Waals surface area contributed by atoms with Crippen molar-refractivity contribution in [2.24, 2.45) is 11.3 Å². The fourth-order valence-electron chi connectivity index (χ4n) is 4.33. The summed E-state index contributed by atoms with van der Waals surface area (Å²) in [6.07, 6.45) is 4.38. The molecule has 2 fully saturated rings. The smallest absolute Gasteiger partial charge is 0.292 e. The number of halogens is 2. The van der Waals surface area contributed by atoms with E-state index in [2.05, 4.69) is 16.0 Å². The molecule has 2 unspecified atom stereocenters. The quantitative estimate of drug-likeness (QED) is 0.297. The van der Waals surface area contributed by atoms with E-state index in [-0.39, 0.29) is 24.2 Å². The third-order valence-electron chi connectivity index (χ3n) is 6.50. The summed E-state index contributed by atoms with van der Waals surface area (Å²) in [5.74, 6) is -3.25. The highest BCUT2D eigenvalue weighted by Crippen LogP contribution is 2.24. The molecule has 11 heteroatoms. The number of nitrogens with one attached hydrogen (secondary N) is 3. The maximum Gasteiger partial charge on any atom is 0.292 e. The molecule has 2 aliphatic rings. The van der Waals surface area contributed by atoms with Crippen LogP contribution in [0.25, 0.3) is 6.08 Å². The third-order valence-corrected chi connectivity index (χ3v) is 7.06. The van der Waals surface area contributed by atoms with Gasteiger partial charge in [0.1, 0.15) is 6.04 Å². The minimum Gasteiger partial charge on any atom is -0.356 e. The monoisotopic (exact) mass is 564 g/mol. The standard InChI is InChI=1S/C27H34Cl2N4O5/c1-27(2,3)15-21(31-22(34)8-6-16-5-7-18(28)14-19(16)29)25(37)32-20(13-17-9-10-30-24(17)36)23(35)26(38)33-11-4-12-33/h5-8,14,17,20-21H,4,9-13,15H2,1-3H3,(H,30,36)(H,31,34)(H,32,37)/b8-6+/t17-,20?,21?/m0/s1. The highest BCUT2D eigenvalue weighted by molar-refractivity contribution is 6.38. The molecule has 0 spiro atoms. The van der Waals surface area contributed by atoms with Gasteiger partial charge in [0.05, 0.1) is 6.04 Å². The van der Waals surface area contributed by atoms with Crippen molar-refractivity contribution in [1.29, 1.82) is 0 Å². The second kappa shape index (κ2) is 12.8. The Morgan fingerprint density at radius 1 is 1.13 bits per heavy atom. The fraction of sp³-hybridized carbons (Fsp3) is 0.519. The van der Waals surface area contributed by atoms with E-state index in [0.29, 0.717) is 41.7 Å². The second-order valence-corrected chi connectivity index (χ2v) is 11.8. The van der Waals surface area contributed by atoms with E-state index in [4.69, 9.17) is 23.2 Å². The summed E-state index contributed by atoms with van der Waals surface area (Å²) in [7, 11) is 0. The Kier molecular flexibility index (Phi) is 9.95. The zero-order valence-electron chi connectivity index (χ0n) is 21.8. The predicted molar refractivity (Wildman–Crippen MR) is 145 cm³/mol. The molecule has 0 aromatic heterocycles. The summed E-state index contributed by atoms with van der Waals surface area (Å²) < 4.78 is 0. The number of hydrogen-bond donors (Lipinski definition) is 3. The summed E-state index contributed by atoms with van der Waals surface area (Å²) in [5.41, 5.74) is 0.226. The lowest BCUT2D eigenvalue weighted by atomic mass is 9.87.